The Kier molecular flexibility index (Phi) is 4.16. The van der Waals surface area contributed by atoms with Crippen LogP contribution in [0.25, 0.3) is 0 Å². The van der Waals surface area contributed by atoms with Crippen molar-refractivity contribution in [2.75, 3.05) is 27.4 Å². The molecule has 0 amide bonds. The maximum Gasteiger partial charge on any atom is 0.0874 e. The Balaban J connectivity index is 1.65. The van der Waals surface area contributed by atoms with Crippen molar-refractivity contribution in [3.63, 3.8) is 0 Å². The van der Waals surface area contributed by atoms with Crippen molar-refractivity contribution in [3.05, 3.63) is 0 Å². The van der Waals surface area contributed by atoms with Crippen LogP contribution in [0.3, 0.4) is 0 Å². The van der Waals surface area contributed by atoms with Crippen molar-refractivity contribution < 1.29 is 9.47 Å². The van der Waals surface area contributed by atoms with Gasteiger partial charge < -0.3 is 14.8 Å². The van der Waals surface area contributed by atoms with Gasteiger partial charge >= 0.3 is 0 Å². The van der Waals surface area contributed by atoms with E-state index in [1.807, 2.05) is 7.11 Å². The van der Waals surface area contributed by atoms with Crippen LogP contribution in [0.1, 0.15) is 44.9 Å². The lowest BCUT2D eigenvalue weighted by atomic mass is 9.77. The number of rotatable bonds is 5. The van der Waals surface area contributed by atoms with E-state index in [2.05, 4.69) is 12.4 Å². The summed E-state index contributed by atoms with van der Waals surface area (Å²) in [6, 6.07) is 0.491. The fourth-order valence-electron chi connectivity index (χ4n) is 4.98. The first-order valence-electron chi connectivity index (χ1n) is 8.07. The quantitative estimate of drug-likeness (QED) is 0.830. The maximum atomic E-state index is 5.98. The second-order valence-corrected chi connectivity index (χ2v) is 6.89. The lowest BCUT2D eigenvalue weighted by molar-refractivity contribution is -0.113. The lowest BCUT2D eigenvalue weighted by Gasteiger charge is -2.44. The van der Waals surface area contributed by atoms with E-state index in [4.69, 9.17) is 9.47 Å². The highest BCUT2D eigenvalue weighted by Gasteiger charge is 2.45. The molecule has 4 atom stereocenters. The molecule has 1 saturated heterocycles. The third-order valence-corrected chi connectivity index (χ3v) is 6.15. The number of fused-ring (bicyclic) bond motifs is 2. The van der Waals surface area contributed by atoms with E-state index >= 15 is 0 Å². The van der Waals surface area contributed by atoms with Crippen LogP contribution in [0.15, 0.2) is 0 Å². The van der Waals surface area contributed by atoms with Gasteiger partial charge in [-0.1, -0.05) is 6.42 Å². The Morgan fingerprint density at radius 3 is 2.58 bits per heavy atom. The van der Waals surface area contributed by atoms with Crippen molar-refractivity contribution in [3.8, 4) is 0 Å². The molecule has 1 aliphatic heterocycles. The van der Waals surface area contributed by atoms with E-state index in [-0.39, 0.29) is 5.60 Å². The van der Waals surface area contributed by atoms with Crippen LogP contribution < -0.4 is 5.32 Å². The molecule has 0 aromatic carbocycles. The van der Waals surface area contributed by atoms with Crippen molar-refractivity contribution in [1.82, 2.24) is 5.32 Å². The molecule has 3 rings (SSSR count). The molecule has 2 bridgehead atoms. The molecule has 19 heavy (non-hydrogen) atoms. The number of hydrogen-bond donors (Lipinski definition) is 1. The average molecular weight is 267 g/mol. The fraction of sp³-hybridized carbons (Fsp3) is 1.00. The molecule has 1 heterocycles. The molecular formula is C16H29NO2. The lowest BCUT2D eigenvalue weighted by Crippen LogP contribution is -2.55. The Labute approximate surface area is 117 Å². The molecule has 3 heteroatoms. The standard InChI is InChI=1S/C16H29NO2/c1-17-15(16(18-2)5-7-19-8-6-16)11-14-10-12-3-4-13(14)9-12/h12-15,17H,3-11H2,1-2H3. The van der Waals surface area contributed by atoms with Crippen LogP contribution >= 0.6 is 0 Å². The first-order valence-corrected chi connectivity index (χ1v) is 8.07. The summed E-state index contributed by atoms with van der Waals surface area (Å²) < 4.78 is 11.5. The second kappa shape index (κ2) is 5.71. The summed E-state index contributed by atoms with van der Waals surface area (Å²) in [5.74, 6) is 2.99. The summed E-state index contributed by atoms with van der Waals surface area (Å²) in [4.78, 5) is 0. The normalized spacial score (nSPS) is 38.5. The number of hydrogen-bond acceptors (Lipinski definition) is 3. The van der Waals surface area contributed by atoms with E-state index in [1.165, 1.54) is 32.1 Å². The highest BCUT2D eigenvalue weighted by molar-refractivity contribution is 4.99. The maximum absolute atomic E-state index is 5.98. The van der Waals surface area contributed by atoms with Gasteiger partial charge in [0.1, 0.15) is 0 Å². The minimum atomic E-state index is 0.00876. The van der Waals surface area contributed by atoms with Gasteiger partial charge in [0.05, 0.1) is 5.60 Å². The largest absolute Gasteiger partial charge is 0.381 e. The molecule has 0 radical (unpaired) electrons. The summed E-state index contributed by atoms with van der Waals surface area (Å²) in [6.07, 6.45) is 9.32. The van der Waals surface area contributed by atoms with E-state index in [9.17, 15) is 0 Å². The van der Waals surface area contributed by atoms with Crippen LogP contribution in [0.4, 0.5) is 0 Å². The summed E-state index contributed by atoms with van der Waals surface area (Å²) in [7, 11) is 3.99. The van der Waals surface area contributed by atoms with Gasteiger partial charge in [0.25, 0.3) is 0 Å². The SMILES string of the molecule is CNC(CC1CC2CCC1C2)C1(OC)CCOCC1. The van der Waals surface area contributed by atoms with E-state index < -0.39 is 0 Å². The van der Waals surface area contributed by atoms with Crippen LogP contribution in [0.5, 0.6) is 0 Å². The molecule has 2 saturated carbocycles. The summed E-state index contributed by atoms with van der Waals surface area (Å²) in [5.41, 5.74) is 0.00876. The first kappa shape index (κ1) is 13.8. The molecule has 3 nitrogen and oxygen atoms in total. The Morgan fingerprint density at radius 1 is 1.26 bits per heavy atom. The zero-order chi connectivity index (χ0) is 13.3. The van der Waals surface area contributed by atoms with Gasteiger partial charge in [-0.2, -0.15) is 0 Å². The van der Waals surface area contributed by atoms with E-state index in [0.29, 0.717) is 6.04 Å². The zero-order valence-corrected chi connectivity index (χ0v) is 12.5. The van der Waals surface area contributed by atoms with Crippen LogP contribution in [0, 0.1) is 17.8 Å². The third-order valence-electron chi connectivity index (χ3n) is 6.15. The van der Waals surface area contributed by atoms with Gasteiger partial charge in [-0.3, -0.25) is 0 Å². The summed E-state index contributed by atoms with van der Waals surface area (Å²) in [6.45, 7) is 1.70. The molecule has 110 valence electrons. The minimum absolute atomic E-state index is 0.00876. The first-order chi connectivity index (χ1) is 9.27. The van der Waals surface area contributed by atoms with Crippen LogP contribution in [0.2, 0.25) is 0 Å². The molecule has 0 aromatic heterocycles. The van der Waals surface area contributed by atoms with Crippen LogP contribution in [-0.2, 0) is 9.47 Å². The molecule has 2 aliphatic carbocycles. The van der Waals surface area contributed by atoms with Crippen molar-refractivity contribution >= 4 is 0 Å². The Bertz CT molecular complexity index is 301. The van der Waals surface area contributed by atoms with E-state index in [1.54, 1.807) is 0 Å². The average Bonchev–Trinajstić information content (AvgIpc) is 3.08. The molecular weight excluding hydrogens is 238 g/mol. The summed E-state index contributed by atoms with van der Waals surface area (Å²) >= 11 is 0. The van der Waals surface area contributed by atoms with Gasteiger partial charge in [-0.15, -0.1) is 0 Å². The molecule has 4 unspecified atom stereocenters. The van der Waals surface area contributed by atoms with Gasteiger partial charge in [-0.25, -0.2) is 0 Å². The number of methoxy groups -OCH3 is 1. The van der Waals surface area contributed by atoms with Gasteiger partial charge in [0.15, 0.2) is 0 Å². The number of likely N-dealkylation sites (N-methyl/N-ethyl adjacent to an activating group) is 1. The predicted molar refractivity (Wildman–Crippen MR) is 76.2 cm³/mol. The second-order valence-electron chi connectivity index (χ2n) is 6.89. The monoisotopic (exact) mass is 267 g/mol. The van der Waals surface area contributed by atoms with Gasteiger partial charge in [-0.05, 0) is 50.5 Å². The van der Waals surface area contributed by atoms with Crippen LogP contribution in [-0.4, -0.2) is 39.0 Å². The highest BCUT2D eigenvalue weighted by atomic mass is 16.5. The van der Waals surface area contributed by atoms with Crippen molar-refractivity contribution in [1.29, 1.82) is 0 Å². The van der Waals surface area contributed by atoms with Gasteiger partial charge in [0, 0.05) is 39.2 Å². The zero-order valence-electron chi connectivity index (χ0n) is 12.5. The van der Waals surface area contributed by atoms with Crippen molar-refractivity contribution in [2.24, 2.45) is 17.8 Å². The predicted octanol–water partition coefficient (Wildman–Crippen LogP) is 2.60. The smallest absolute Gasteiger partial charge is 0.0874 e. The number of ether oxygens (including phenoxy) is 2. The molecule has 0 aromatic rings. The summed E-state index contributed by atoms with van der Waals surface area (Å²) in [5, 5.41) is 3.57. The fourth-order valence-corrected chi connectivity index (χ4v) is 4.98. The minimum Gasteiger partial charge on any atom is -0.381 e. The molecule has 3 aliphatic rings. The van der Waals surface area contributed by atoms with E-state index in [0.717, 1.165) is 43.8 Å². The topological polar surface area (TPSA) is 30.5 Å². The third kappa shape index (κ3) is 2.57. The Morgan fingerprint density at radius 2 is 2.05 bits per heavy atom. The Hall–Kier alpha value is -0.120. The molecule has 3 fully saturated rings. The highest BCUT2D eigenvalue weighted by Crippen LogP contribution is 2.50. The molecule has 1 N–H and O–H groups in total. The number of nitrogens with one attached hydrogen (secondary N) is 1. The molecule has 0 spiro atoms. The van der Waals surface area contributed by atoms with Crippen molar-refractivity contribution in [2.45, 2.75) is 56.6 Å². The van der Waals surface area contributed by atoms with Gasteiger partial charge in [0.2, 0.25) is 0 Å².